The van der Waals surface area contributed by atoms with Gasteiger partial charge in [0, 0.05) is 6.54 Å². The Bertz CT molecular complexity index is 756. The first-order valence-electron chi connectivity index (χ1n) is 7.50. The number of aromatic nitrogens is 3. The Morgan fingerprint density at radius 2 is 1.96 bits per heavy atom. The molecule has 3 rings (SSSR count). The predicted molar refractivity (Wildman–Crippen MR) is 91.1 cm³/mol. The highest BCUT2D eigenvalue weighted by molar-refractivity contribution is 6.55. The second-order valence-corrected chi connectivity index (χ2v) is 7.01. The number of nitrogens with two attached hydrogens (primary N) is 1. The van der Waals surface area contributed by atoms with E-state index in [4.69, 9.17) is 26.6 Å². The fourth-order valence-electron chi connectivity index (χ4n) is 2.37. The highest BCUT2D eigenvalue weighted by atomic mass is 35.5. The van der Waals surface area contributed by atoms with Crippen LogP contribution in [0.2, 0.25) is 5.15 Å². The molecule has 1 fully saturated rings. The molecule has 1 aliphatic heterocycles. The average Bonchev–Trinajstić information content (AvgIpc) is 2.94. The molecular formula is C15H20BClN4O2. The SMILES string of the molecule is CC1(C)OB(C(=Cc2cnc3ccc(Cl)nn23)CN)OC1(C)C. The summed E-state index contributed by atoms with van der Waals surface area (Å²) in [6.45, 7) is 8.35. The van der Waals surface area contributed by atoms with Gasteiger partial charge in [-0.05, 0) is 51.4 Å². The number of hydrogen-bond acceptors (Lipinski definition) is 5. The molecule has 1 aliphatic rings. The minimum Gasteiger partial charge on any atom is -0.400 e. The van der Waals surface area contributed by atoms with Gasteiger partial charge in [0.15, 0.2) is 5.65 Å². The maximum atomic E-state index is 6.06. The van der Waals surface area contributed by atoms with E-state index >= 15 is 0 Å². The molecule has 0 amide bonds. The van der Waals surface area contributed by atoms with Crippen LogP contribution in [0.4, 0.5) is 0 Å². The summed E-state index contributed by atoms with van der Waals surface area (Å²) < 4.78 is 13.8. The van der Waals surface area contributed by atoms with Crippen molar-refractivity contribution in [2.24, 2.45) is 5.73 Å². The van der Waals surface area contributed by atoms with Crippen molar-refractivity contribution in [2.75, 3.05) is 6.54 Å². The van der Waals surface area contributed by atoms with Crippen molar-refractivity contribution >= 4 is 30.4 Å². The number of hydrogen-bond donors (Lipinski definition) is 1. The summed E-state index contributed by atoms with van der Waals surface area (Å²) in [7, 11) is -0.491. The molecule has 3 heterocycles. The molecule has 2 aromatic heterocycles. The second kappa shape index (κ2) is 5.59. The van der Waals surface area contributed by atoms with Crippen LogP contribution < -0.4 is 5.73 Å². The second-order valence-electron chi connectivity index (χ2n) is 6.62. The van der Waals surface area contributed by atoms with E-state index in [1.54, 1.807) is 16.8 Å². The van der Waals surface area contributed by atoms with Crippen molar-refractivity contribution in [2.45, 2.75) is 38.9 Å². The van der Waals surface area contributed by atoms with E-state index in [-0.39, 0.29) is 0 Å². The minimum absolute atomic E-state index is 0.310. The Morgan fingerprint density at radius 1 is 1.30 bits per heavy atom. The average molecular weight is 335 g/mol. The molecule has 8 heteroatoms. The summed E-state index contributed by atoms with van der Waals surface area (Å²) >= 11 is 5.97. The van der Waals surface area contributed by atoms with Gasteiger partial charge < -0.3 is 15.0 Å². The van der Waals surface area contributed by atoms with Gasteiger partial charge in [-0.1, -0.05) is 11.6 Å². The maximum Gasteiger partial charge on any atom is 0.491 e. The molecule has 0 saturated carbocycles. The molecule has 0 spiro atoms. The predicted octanol–water partition coefficient (Wildman–Crippen LogP) is 2.36. The summed E-state index contributed by atoms with van der Waals surface area (Å²) in [6, 6.07) is 3.51. The summed E-state index contributed by atoms with van der Waals surface area (Å²) in [5.74, 6) is 0. The standard InChI is InChI=1S/C15H20BClN4O2/c1-14(2)15(3,4)23-16(22-14)10(8-18)7-11-9-19-13-6-5-12(17)20-21(11)13/h5-7,9H,8,18H2,1-4H3. The first-order chi connectivity index (χ1) is 10.7. The zero-order chi connectivity index (χ0) is 16.8. The Kier molecular flexibility index (Phi) is 4.00. The molecule has 23 heavy (non-hydrogen) atoms. The molecule has 0 radical (unpaired) electrons. The molecule has 122 valence electrons. The summed E-state index contributed by atoms with van der Waals surface area (Å²) in [4.78, 5) is 4.31. The van der Waals surface area contributed by atoms with Crippen molar-refractivity contribution in [3.63, 3.8) is 0 Å². The van der Waals surface area contributed by atoms with Gasteiger partial charge in [-0.15, -0.1) is 0 Å². The van der Waals surface area contributed by atoms with Gasteiger partial charge in [0.2, 0.25) is 0 Å². The molecular weight excluding hydrogens is 314 g/mol. The van der Waals surface area contributed by atoms with Crippen LogP contribution in [0.3, 0.4) is 0 Å². The van der Waals surface area contributed by atoms with Crippen molar-refractivity contribution in [1.29, 1.82) is 0 Å². The van der Waals surface area contributed by atoms with E-state index < -0.39 is 18.3 Å². The van der Waals surface area contributed by atoms with Crippen molar-refractivity contribution < 1.29 is 9.31 Å². The normalized spacial score (nSPS) is 20.4. The Labute approximate surface area is 140 Å². The molecule has 0 aliphatic carbocycles. The summed E-state index contributed by atoms with van der Waals surface area (Å²) in [5, 5.41) is 4.66. The number of halogens is 1. The number of nitrogens with zero attached hydrogens (tertiary/aromatic N) is 3. The Morgan fingerprint density at radius 3 is 2.57 bits per heavy atom. The summed E-state index contributed by atoms with van der Waals surface area (Å²) in [6.07, 6.45) is 3.62. The highest BCUT2D eigenvalue weighted by Crippen LogP contribution is 2.38. The van der Waals surface area contributed by atoms with Crippen molar-refractivity contribution in [1.82, 2.24) is 14.6 Å². The summed E-state index contributed by atoms with van der Waals surface area (Å²) in [5.41, 5.74) is 7.41. The van der Waals surface area contributed by atoms with Crippen LogP contribution in [-0.2, 0) is 9.31 Å². The van der Waals surface area contributed by atoms with E-state index in [9.17, 15) is 0 Å². The fraction of sp³-hybridized carbons (Fsp3) is 0.467. The van der Waals surface area contributed by atoms with Gasteiger partial charge >= 0.3 is 7.12 Å². The van der Waals surface area contributed by atoms with E-state index in [2.05, 4.69) is 10.1 Å². The molecule has 2 aromatic rings. The molecule has 0 bridgehead atoms. The van der Waals surface area contributed by atoms with Crippen molar-refractivity contribution in [3.05, 3.63) is 34.6 Å². The van der Waals surface area contributed by atoms with E-state index in [1.165, 1.54) is 0 Å². The monoisotopic (exact) mass is 334 g/mol. The zero-order valence-electron chi connectivity index (χ0n) is 13.7. The van der Waals surface area contributed by atoms with Crippen LogP contribution in [0.5, 0.6) is 0 Å². The van der Waals surface area contributed by atoms with Gasteiger partial charge in [0.25, 0.3) is 0 Å². The van der Waals surface area contributed by atoms with Crippen LogP contribution in [0.15, 0.2) is 23.8 Å². The van der Waals surface area contributed by atoms with Gasteiger partial charge in [-0.3, -0.25) is 0 Å². The van der Waals surface area contributed by atoms with E-state index in [1.807, 2.05) is 39.8 Å². The topological polar surface area (TPSA) is 74.7 Å². The molecule has 6 nitrogen and oxygen atoms in total. The highest BCUT2D eigenvalue weighted by Gasteiger charge is 2.52. The van der Waals surface area contributed by atoms with Gasteiger partial charge in [-0.25, -0.2) is 9.50 Å². The first-order valence-corrected chi connectivity index (χ1v) is 7.88. The minimum atomic E-state index is -0.491. The third-order valence-electron chi connectivity index (χ3n) is 4.48. The van der Waals surface area contributed by atoms with Gasteiger partial charge in [0.05, 0.1) is 23.1 Å². The van der Waals surface area contributed by atoms with Crippen LogP contribution in [0.25, 0.3) is 11.7 Å². The molecule has 2 N–H and O–H groups in total. The Balaban J connectivity index is 1.97. The van der Waals surface area contributed by atoms with Gasteiger partial charge in [-0.2, -0.15) is 5.10 Å². The van der Waals surface area contributed by atoms with E-state index in [0.29, 0.717) is 17.3 Å². The van der Waals surface area contributed by atoms with Crippen LogP contribution in [0.1, 0.15) is 33.4 Å². The Hall–Kier alpha value is -1.41. The largest absolute Gasteiger partial charge is 0.491 e. The van der Waals surface area contributed by atoms with Crippen molar-refractivity contribution in [3.8, 4) is 0 Å². The lowest BCUT2D eigenvalue weighted by atomic mass is 9.77. The fourth-order valence-corrected chi connectivity index (χ4v) is 2.51. The van der Waals surface area contributed by atoms with E-state index in [0.717, 1.165) is 11.2 Å². The molecule has 0 atom stereocenters. The van der Waals surface area contributed by atoms with Crippen LogP contribution in [-0.4, -0.2) is 39.5 Å². The number of rotatable bonds is 3. The smallest absolute Gasteiger partial charge is 0.400 e. The lowest BCUT2D eigenvalue weighted by Crippen LogP contribution is -2.41. The van der Waals surface area contributed by atoms with Crippen LogP contribution >= 0.6 is 11.6 Å². The van der Waals surface area contributed by atoms with Crippen LogP contribution in [0, 0.1) is 0 Å². The molecule has 0 unspecified atom stereocenters. The third-order valence-corrected chi connectivity index (χ3v) is 4.68. The third kappa shape index (κ3) is 2.90. The zero-order valence-corrected chi connectivity index (χ0v) is 14.5. The lowest BCUT2D eigenvalue weighted by molar-refractivity contribution is 0.00578. The quantitative estimate of drug-likeness (QED) is 0.872. The first kappa shape index (κ1) is 16.5. The lowest BCUT2D eigenvalue weighted by Gasteiger charge is -2.32. The maximum absolute atomic E-state index is 6.06. The molecule has 0 aromatic carbocycles. The number of fused-ring (bicyclic) bond motifs is 1. The number of imidazole rings is 1. The molecule has 1 saturated heterocycles. The van der Waals surface area contributed by atoms with Gasteiger partial charge in [0.1, 0.15) is 5.15 Å².